The Morgan fingerprint density at radius 1 is 1.00 bits per heavy atom. The number of hydrogen-bond acceptors (Lipinski definition) is 1. The first-order valence-corrected chi connectivity index (χ1v) is 6.25. The van der Waals surface area contributed by atoms with E-state index in [0.29, 0.717) is 0 Å². The lowest BCUT2D eigenvalue weighted by atomic mass is 10.2. The quantitative estimate of drug-likeness (QED) is 0.360. The Labute approximate surface area is 95.2 Å². The van der Waals surface area contributed by atoms with E-state index in [0.717, 1.165) is 26.1 Å². The van der Waals surface area contributed by atoms with Gasteiger partial charge in [-0.1, -0.05) is 44.4 Å². The van der Waals surface area contributed by atoms with Crippen molar-refractivity contribution in [2.45, 2.75) is 51.9 Å². The van der Waals surface area contributed by atoms with E-state index < -0.39 is 0 Å². The van der Waals surface area contributed by atoms with Crippen LogP contribution in [-0.4, -0.2) is 13.2 Å². The van der Waals surface area contributed by atoms with Gasteiger partial charge in [0.25, 0.3) is 0 Å². The van der Waals surface area contributed by atoms with Gasteiger partial charge in [0.15, 0.2) is 0 Å². The third kappa shape index (κ3) is 13.4. The number of ether oxygens (including phenoxy) is 1. The SMILES string of the molecule is C=CCCC/C=C/COCCCCCC. The molecule has 15 heavy (non-hydrogen) atoms. The van der Waals surface area contributed by atoms with E-state index in [1.165, 1.54) is 32.1 Å². The molecule has 0 unspecified atom stereocenters. The fraction of sp³-hybridized carbons (Fsp3) is 0.714. The Bertz CT molecular complexity index is 149. The number of rotatable bonds is 11. The zero-order valence-electron chi connectivity index (χ0n) is 10.2. The Kier molecular flexibility index (Phi) is 12.9. The summed E-state index contributed by atoms with van der Waals surface area (Å²) in [7, 11) is 0. The van der Waals surface area contributed by atoms with Gasteiger partial charge in [-0.25, -0.2) is 0 Å². The zero-order valence-corrected chi connectivity index (χ0v) is 10.2. The number of unbranched alkanes of at least 4 members (excludes halogenated alkanes) is 5. The van der Waals surface area contributed by atoms with E-state index in [1.807, 2.05) is 6.08 Å². The summed E-state index contributed by atoms with van der Waals surface area (Å²) in [5.74, 6) is 0. The molecule has 0 aliphatic heterocycles. The van der Waals surface area contributed by atoms with Gasteiger partial charge in [0.2, 0.25) is 0 Å². The van der Waals surface area contributed by atoms with E-state index >= 15 is 0 Å². The number of hydrogen-bond donors (Lipinski definition) is 0. The van der Waals surface area contributed by atoms with E-state index in [1.54, 1.807) is 0 Å². The van der Waals surface area contributed by atoms with Gasteiger partial charge >= 0.3 is 0 Å². The fourth-order valence-electron chi connectivity index (χ4n) is 1.35. The van der Waals surface area contributed by atoms with Gasteiger partial charge in [0, 0.05) is 6.61 Å². The molecule has 0 spiro atoms. The first-order chi connectivity index (χ1) is 7.41. The normalized spacial score (nSPS) is 11.0. The largest absolute Gasteiger partial charge is 0.377 e. The molecule has 0 heterocycles. The molecule has 1 nitrogen and oxygen atoms in total. The molecule has 0 aromatic heterocycles. The topological polar surface area (TPSA) is 9.23 Å². The monoisotopic (exact) mass is 210 g/mol. The van der Waals surface area contributed by atoms with Crippen molar-refractivity contribution in [2.24, 2.45) is 0 Å². The average Bonchev–Trinajstić information content (AvgIpc) is 2.26. The Hall–Kier alpha value is -0.560. The summed E-state index contributed by atoms with van der Waals surface area (Å²) in [4.78, 5) is 0. The lowest BCUT2D eigenvalue weighted by Crippen LogP contribution is -1.94. The van der Waals surface area contributed by atoms with Crippen molar-refractivity contribution < 1.29 is 4.74 Å². The summed E-state index contributed by atoms with van der Waals surface area (Å²) in [6, 6.07) is 0. The van der Waals surface area contributed by atoms with Crippen LogP contribution < -0.4 is 0 Å². The molecule has 0 aromatic carbocycles. The van der Waals surface area contributed by atoms with E-state index in [9.17, 15) is 0 Å². The summed E-state index contributed by atoms with van der Waals surface area (Å²) in [6.45, 7) is 7.62. The fourth-order valence-corrected chi connectivity index (χ4v) is 1.35. The number of allylic oxidation sites excluding steroid dienone is 2. The molecule has 0 aliphatic carbocycles. The second-order valence-electron chi connectivity index (χ2n) is 3.83. The molecule has 0 saturated carbocycles. The minimum absolute atomic E-state index is 0.778. The van der Waals surface area contributed by atoms with Crippen LogP contribution in [-0.2, 0) is 4.74 Å². The van der Waals surface area contributed by atoms with Crippen LogP contribution in [0.15, 0.2) is 24.8 Å². The summed E-state index contributed by atoms with van der Waals surface area (Å²) in [6.07, 6.45) is 14.9. The van der Waals surface area contributed by atoms with Gasteiger partial charge in [-0.15, -0.1) is 6.58 Å². The summed E-state index contributed by atoms with van der Waals surface area (Å²) in [5, 5.41) is 0. The van der Waals surface area contributed by atoms with Gasteiger partial charge in [0.05, 0.1) is 6.61 Å². The summed E-state index contributed by atoms with van der Waals surface area (Å²) in [5.41, 5.74) is 0. The van der Waals surface area contributed by atoms with Crippen molar-refractivity contribution in [3.05, 3.63) is 24.8 Å². The van der Waals surface area contributed by atoms with Gasteiger partial charge < -0.3 is 4.74 Å². The summed E-state index contributed by atoms with van der Waals surface area (Å²) < 4.78 is 5.48. The van der Waals surface area contributed by atoms with E-state index in [-0.39, 0.29) is 0 Å². The molecule has 0 rings (SSSR count). The highest BCUT2D eigenvalue weighted by molar-refractivity contribution is 4.82. The highest BCUT2D eigenvalue weighted by atomic mass is 16.5. The third-order valence-electron chi connectivity index (χ3n) is 2.30. The van der Waals surface area contributed by atoms with E-state index in [4.69, 9.17) is 4.74 Å². The smallest absolute Gasteiger partial charge is 0.0647 e. The highest BCUT2D eigenvalue weighted by Crippen LogP contribution is 1.99. The van der Waals surface area contributed by atoms with Crippen LogP contribution in [0.1, 0.15) is 51.9 Å². The van der Waals surface area contributed by atoms with Crippen LogP contribution in [0.5, 0.6) is 0 Å². The molecule has 0 saturated heterocycles. The minimum Gasteiger partial charge on any atom is -0.377 e. The molecule has 0 radical (unpaired) electrons. The molecular formula is C14H26O. The van der Waals surface area contributed by atoms with Crippen LogP contribution in [0.2, 0.25) is 0 Å². The Morgan fingerprint density at radius 3 is 2.60 bits per heavy atom. The molecule has 0 fully saturated rings. The lowest BCUT2D eigenvalue weighted by molar-refractivity contribution is 0.157. The van der Waals surface area contributed by atoms with Gasteiger partial charge in [0.1, 0.15) is 0 Å². The minimum atomic E-state index is 0.778. The van der Waals surface area contributed by atoms with Crippen LogP contribution in [0.25, 0.3) is 0 Å². The maximum Gasteiger partial charge on any atom is 0.0647 e. The van der Waals surface area contributed by atoms with Crippen LogP contribution in [0, 0.1) is 0 Å². The van der Waals surface area contributed by atoms with Crippen LogP contribution >= 0.6 is 0 Å². The first-order valence-electron chi connectivity index (χ1n) is 6.25. The molecule has 0 aromatic rings. The van der Waals surface area contributed by atoms with Crippen LogP contribution in [0.3, 0.4) is 0 Å². The molecular weight excluding hydrogens is 184 g/mol. The Balaban J connectivity index is 2.99. The van der Waals surface area contributed by atoms with E-state index in [2.05, 4.69) is 25.7 Å². The van der Waals surface area contributed by atoms with Crippen molar-refractivity contribution in [1.29, 1.82) is 0 Å². The van der Waals surface area contributed by atoms with Crippen molar-refractivity contribution >= 4 is 0 Å². The third-order valence-corrected chi connectivity index (χ3v) is 2.30. The van der Waals surface area contributed by atoms with Crippen molar-refractivity contribution in [1.82, 2.24) is 0 Å². The second-order valence-corrected chi connectivity index (χ2v) is 3.83. The molecule has 88 valence electrons. The predicted molar refractivity (Wildman–Crippen MR) is 68.1 cm³/mol. The van der Waals surface area contributed by atoms with Crippen molar-refractivity contribution in [2.75, 3.05) is 13.2 Å². The van der Waals surface area contributed by atoms with Crippen molar-refractivity contribution in [3.8, 4) is 0 Å². The maximum atomic E-state index is 5.48. The molecule has 0 bridgehead atoms. The average molecular weight is 210 g/mol. The van der Waals surface area contributed by atoms with Gasteiger partial charge in [-0.3, -0.25) is 0 Å². The maximum absolute atomic E-state index is 5.48. The molecule has 0 aliphatic rings. The van der Waals surface area contributed by atoms with Crippen molar-refractivity contribution in [3.63, 3.8) is 0 Å². The lowest BCUT2D eigenvalue weighted by Gasteiger charge is -2.00. The standard InChI is InChI=1S/C14H26O/c1-3-5-7-9-10-12-14-15-13-11-8-6-4-2/h3,10,12H,1,4-9,11,13-14H2,2H3/b12-10+. The Morgan fingerprint density at radius 2 is 1.87 bits per heavy atom. The molecule has 0 atom stereocenters. The highest BCUT2D eigenvalue weighted by Gasteiger charge is 1.87. The second kappa shape index (κ2) is 13.4. The first kappa shape index (κ1) is 14.4. The molecule has 0 amide bonds. The van der Waals surface area contributed by atoms with Gasteiger partial charge in [-0.2, -0.15) is 0 Å². The molecule has 0 N–H and O–H groups in total. The zero-order chi connectivity index (χ0) is 11.2. The predicted octanol–water partition coefficient (Wildman–Crippen LogP) is 4.50. The molecule has 1 heteroatoms. The van der Waals surface area contributed by atoms with Crippen LogP contribution in [0.4, 0.5) is 0 Å². The van der Waals surface area contributed by atoms with Gasteiger partial charge in [-0.05, 0) is 25.7 Å². The summed E-state index contributed by atoms with van der Waals surface area (Å²) >= 11 is 0.